The summed E-state index contributed by atoms with van der Waals surface area (Å²) in [5.74, 6) is 1.45. The minimum absolute atomic E-state index is 0.0951. The summed E-state index contributed by atoms with van der Waals surface area (Å²) >= 11 is 3.51. The molecule has 0 radical (unpaired) electrons. The summed E-state index contributed by atoms with van der Waals surface area (Å²) in [6.45, 7) is 2.62. The minimum Gasteiger partial charge on any atom is -0.497 e. The maximum Gasteiger partial charge on any atom is 0.336 e. The van der Waals surface area contributed by atoms with E-state index in [0.717, 1.165) is 26.7 Å². The van der Waals surface area contributed by atoms with Crippen molar-refractivity contribution in [1.82, 2.24) is 5.32 Å². The van der Waals surface area contributed by atoms with Gasteiger partial charge in [0.15, 0.2) is 0 Å². The minimum atomic E-state index is -0.373. The summed E-state index contributed by atoms with van der Waals surface area (Å²) in [5, 5.41) is 4.34. The number of methoxy groups -OCH3 is 2. The van der Waals surface area contributed by atoms with E-state index in [0.29, 0.717) is 17.9 Å². The van der Waals surface area contributed by atoms with Crippen LogP contribution in [0.1, 0.15) is 24.1 Å². The molecule has 2 aromatic carbocycles. The fourth-order valence-corrected chi connectivity index (χ4v) is 3.37. The molecule has 0 saturated carbocycles. The number of halogens is 1. The Morgan fingerprint density at radius 2 is 1.92 bits per heavy atom. The Hall–Kier alpha value is -2.31. The monoisotopic (exact) mass is 417 g/mol. The van der Waals surface area contributed by atoms with Crippen LogP contribution in [0.15, 0.2) is 56.1 Å². The molecule has 3 rings (SSSR count). The van der Waals surface area contributed by atoms with Crippen molar-refractivity contribution >= 4 is 26.9 Å². The summed E-state index contributed by atoms with van der Waals surface area (Å²) in [7, 11) is 3.22. The molecule has 0 unspecified atom stereocenters. The zero-order valence-electron chi connectivity index (χ0n) is 14.8. The molecule has 1 atom stereocenters. The van der Waals surface area contributed by atoms with Crippen molar-refractivity contribution in [1.29, 1.82) is 0 Å². The Kier molecular flexibility index (Phi) is 5.64. The molecule has 136 valence electrons. The molecule has 0 amide bonds. The first kappa shape index (κ1) is 18.5. The van der Waals surface area contributed by atoms with Crippen molar-refractivity contribution in [3.63, 3.8) is 0 Å². The molecule has 0 aliphatic carbocycles. The van der Waals surface area contributed by atoms with Gasteiger partial charge in [0.05, 0.1) is 18.7 Å². The second-order valence-corrected chi connectivity index (χ2v) is 6.80. The Morgan fingerprint density at radius 3 is 2.62 bits per heavy atom. The zero-order valence-corrected chi connectivity index (χ0v) is 16.4. The molecular formula is C20H20BrNO4. The smallest absolute Gasteiger partial charge is 0.336 e. The van der Waals surface area contributed by atoms with Gasteiger partial charge in [-0.15, -0.1) is 0 Å². The van der Waals surface area contributed by atoms with Gasteiger partial charge in [-0.05, 0) is 58.2 Å². The topological polar surface area (TPSA) is 60.7 Å². The van der Waals surface area contributed by atoms with Crippen molar-refractivity contribution in [3.8, 4) is 11.5 Å². The summed E-state index contributed by atoms with van der Waals surface area (Å²) in [4.78, 5) is 11.9. The standard InChI is InChI=1S/C20H20BrNO4/c1-12(13-4-7-18(25-3)17(21)8-13)22-11-14-9-20(23)26-19-10-15(24-2)5-6-16(14)19/h4-10,12,22H,11H2,1-3H3/t12-/m0/s1. The first-order valence-electron chi connectivity index (χ1n) is 8.19. The molecule has 3 aromatic rings. The van der Waals surface area contributed by atoms with Crippen molar-refractivity contribution in [2.45, 2.75) is 19.5 Å². The SMILES string of the molecule is COc1ccc2c(CN[C@@H](C)c3ccc(OC)c(Br)c3)cc(=O)oc2c1. The van der Waals surface area contributed by atoms with Crippen molar-refractivity contribution in [2.24, 2.45) is 0 Å². The van der Waals surface area contributed by atoms with E-state index in [1.807, 2.05) is 30.3 Å². The quantitative estimate of drug-likeness (QED) is 0.601. The van der Waals surface area contributed by atoms with Crippen LogP contribution in [0.5, 0.6) is 11.5 Å². The summed E-state index contributed by atoms with van der Waals surface area (Å²) < 4.78 is 16.7. The molecule has 0 bridgehead atoms. The molecule has 0 aliphatic heterocycles. The van der Waals surface area contributed by atoms with Gasteiger partial charge in [-0.25, -0.2) is 4.79 Å². The molecule has 1 heterocycles. The average molecular weight is 418 g/mol. The maximum absolute atomic E-state index is 11.9. The van der Waals surface area contributed by atoms with E-state index < -0.39 is 0 Å². The molecule has 1 N–H and O–H groups in total. The molecule has 6 heteroatoms. The number of rotatable bonds is 6. The highest BCUT2D eigenvalue weighted by Crippen LogP contribution is 2.28. The Labute approximate surface area is 160 Å². The molecule has 0 aliphatic rings. The van der Waals surface area contributed by atoms with E-state index in [1.165, 1.54) is 6.07 Å². The fraction of sp³-hybridized carbons (Fsp3) is 0.250. The molecular weight excluding hydrogens is 398 g/mol. The Morgan fingerprint density at radius 1 is 1.12 bits per heavy atom. The lowest BCUT2D eigenvalue weighted by atomic mass is 10.1. The highest BCUT2D eigenvalue weighted by molar-refractivity contribution is 9.10. The third-order valence-corrected chi connectivity index (χ3v) is 4.93. The van der Waals surface area contributed by atoms with Crippen LogP contribution < -0.4 is 20.4 Å². The van der Waals surface area contributed by atoms with E-state index in [4.69, 9.17) is 13.9 Å². The predicted molar refractivity (Wildman–Crippen MR) is 105 cm³/mol. The van der Waals surface area contributed by atoms with Gasteiger partial charge < -0.3 is 19.2 Å². The Balaban J connectivity index is 1.83. The van der Waals surface area contributed by atoms with Gasteiger partial charge in [-0.3, -0.25) is 0 Å². The second kappa shape index (κ2) is 7.93. The summed E-state index contributed by atoms with van der Waals surface area (Å²) in [6, 6.07) is 13.1. The molecule has 0 spiro atoms. The molecule has 0 fully saturated rings. The van der Waals surface area contributed by atoms with Gasteiger partial charge >= 0.3 is 5.63 Å². The van der Waals surface area contributed by atoms with Crippen molar-refractivity contribution in [2.75, 3.05) is 14.2 Å². The molecule has 1 aromatic heterocycles. The maximum atomic E-state index is 11.9. The number of ether oxygens (including phenoxy) is 2. The number of nitrogens with one attached hydrogen (secondary N) is 1. The van der Waals surface area contributed by atoms with Crippen LogP contribution in [0.3, 0.4) is 0 Å². The predicted octanol–water partition coefficient (Wildman–Crippen LogP) is 4.42. The van der Waals surface area contributed by atoms with E-state index in [2.05, 4.69) is 28.2 Å². The second-order valence-electron chi connectivity index (χ2n) is 5.95. The third-order valence-electron chi connectivity index (χ3n) is 4.31. The highest BCUT2D eigenvalue weighted by atomic mass is 79.9. The number of benzene rings is 2. The molecule has 0 saturated heterocycles. The number of hydrogen-bond acceptors (Lipinski definition) is 5. The fourth-order valence-electron chi connectivity index (χ4n) is 2.82. The lowest BCUT2D eigenvalue weighted by molar-refractivity contribution is 0.411. The summed E-state index contributed by atoms with van der Waals surface area (Å²) in [5.41, 5.74) is 2.15. The van der Waals surface area contributed by atoms with Crippen LogP contribution in [0.2, 0.25) is 0 Å². The first-order chi connectivity index (χ1) is 12.5. The van der Waals surface area contributed by atoms with Crippen LogP contribution in [0.4, 0.5) is 0 Å². The molecule has 5 nitrogen and oxygen atoms in total. The highest BCUT2D eigenvalue weighted by Gasteiger charge is 2.11. The largest absolute Gasteiger partial charge is 0.497 e. The van der Waals surface area contributed by atoms with Gasteiger partial charge in [0.1, 0.15) is 17.1 Å². The van der Waals surface area contributed by atoms with E-state index in [1.54, 1.807) is 20.3 Å². The normalized spacial score (nSPS) is 12.2. The zero-order chi connectivity index (χ0) is 18.7. The Bertz CT molecular complexity index is 983. The van der Waals surface area contributed by atoms with Gasteiger partial charge in [-0.2, -0.15) is 0 Å². The van der Waals surface area contributed by atoms with Crippen LogP contribution >= 0.6 is 15.9 Å². The van der Waals surface area contributed by atoms with Crippen molar-refractivity contribution < 1.29 is 13.9 Å². The lowest BCUT2D eigenvalue weighted by Gasteiger charge is -2.16. The van der Waals surface area contributed by atoms with Crippen LogP contribution in [0, 0.1) is 0 Å². The first-order valence-corrected chi connectivity index (χ1v) is 8.98. The van der Waals surface area contributed by atoms with Gasteiger partial charge in [0, 0.05) is 30.1 Å². The number of hydrogen-bond donors (Lipinski definition) is 1. The van der Waals surface area contributed by atoms with Crippen LogP contribution in [0.25, 0.3) is 11.0 Å². The lowest BCUT2D eigenvalue weighted by Crippen LogP contribution is -2.19. The summed E-state index contributed by atoms with van der Waals surface area (Å²) in [6.07, 6.45) is 0. The van der Waals surface area contributed by atoms with Crippen molar-refractivity contribution in [3.05, 3.63) is 68.5 Å². The van der Waals surface area contributed by atoms with Crippen LogP contribution in [-0.2, 0) is 6.54 Å². The third kappa shape index (κ3) is 3.92. The molecule has 26 heavy (non-hydrogen) atoms. The van der Waals surface area contributed by atoms with Crippen LogP contribution in [-0.4, -0.2) is 14.2 Å². The van der Waals surface area contributed by atoms with E-state index in [-0.39, 0.29) is 11.7 Å². The van der Waals surface area contributed by atoms with Gasteiger partial charge in [-0.1, -0.05) is 6.07 Å². The van der Waals surface area contributed by atoms with E-state index >= 15 is 0 Å². The van der Waals surface area contributed by atoms with E-state index in [9.17, 15) is 4.79 Å². The van der Waals surface area contributed by atoms with Gasteiger partial charge in [0.25, 0.3) is 0 Å². The van der Waals surface area contributed by atoms with Gasteiger partial charge in [0.2, 0.25) is 0 Å². The number of fused-ring (bicyclic) bond motifs is 1. The average Bonchev–Trinajstić information content (AvgIpc) is 2.64.